The molecule has 8 nitrogen and oxygen atoms in total. The molecule has 1 unspecified atom stereocenters. The molecule has 1 atom stereocenters. The van der Waals surface area contributed by atoms with E-state index in [0.29, 0.717) is 13.1 Å². The van der Waals surface area contributed by atoms with Crippen LogP contribution in [0, 0.1) is 5.92 Å². The summed E-state index contributed by atoms with van der Waals surface area (Å²) >= 11 is 0. The van der Waals surface area contributed by atoms with Crippen LogP contribution in [-0.4, -0.2) is 52.2 Å². The first-order valence-corrected chi connectivity index (χ1v) is 10.7. The van der Waals surface area contributed by atoms with Gasteiger partial charge in [0.15, 0.2) is 0 Å². The van der Waals surface area contributed by atoms with E-state index in [4.69, 9.17) is 4.74 Å². The number of hydrogen-bond acceptors (Lipinski definition) is 6. The van der Waals surface area contributed by atoms with Crippen molar-refractivity contribution < 1.29 is 9.53 Å². The summed E-state index contributed by atoms with van der Waals surface area (Å²) in [6.07, 6.45) is 9.84. The monoisotopic (exact) mass is 420 g/mol. The minimum Gasteiger partial charge on any atom is -0.497 e. The summed E-state index contributed by atoms with van der Waals surface area (Å²) in [5.74, 6) is 1.77. The average Bonchev–Trinajstić information content (AvgIpc) is 3.35. The Balaban J connectivity index is 1.33. The van der Waals surface area contributed by atoms with E-state index in [2.05, 4.69) is 25.2 Å². The number of hydrogen-bond donors (Lipinski definition) is 1. The molecule has 1 aromatic carbocycles. The lowest BCUT2D eigenvalue weighted by Crippen LogP contribution is -2.43. The van der Waals surface area contributed by atoms with E-state index in [-0.39, 0.29) is 11.8 Å². The first-order valence-electron chi connectivity index (χ1n) is 10.7. The number of methoxy groups -OCH3 is 1. The SMILES string of the molecule is COc1ccc(-c2cc(N3CCCC(C(=O)NCCCn4ccnc4)C3)ncn2)cc1. The summed E-state index contributed by atoms with van der Waals surface area (Å²) in [4.78, 5) is 27.8. The summed E-state index contributed by atoms with van der Waals surface area (Å²) < 4.78 is 7.25. The fourth-order valence-electron chi connectivity index (χ4n) is 3.88. The number of aromatic nitrogens is 4. The lowest BCUT2D eigenvalue weighted by Gasteiger charge is -2.33. The van der Waals surface area contributed by atoms with Gasteiger partial charge in [-0.2, -0.15) is 0 Å². The molecular weight excluding hydrogens is 392 g/mol. The number of amides is 1. The molecule has 0 radical (unpaired) electrons. The predicted molar refractivity (Wildman–Crippen MR) is 119 cm³/mol. The van der Waals surface area contributed by atoms with Gasteiger partial charge in [-0.1, -0.05) is 0 Å². The number of carbonyl (C=O) groups is 1. The zero-order valence-corrected chi connectivity index (χ0v) is 17.8. The summed E-state index contributed by atoms with van der Waals surface area (Å²) in [6.45, 7) is 3.09. The summed E-state index contributed by atoms with van der Waals surface area (Å²) in [5.41, 5.74) is 1.87. The van der Waals surface area contributed by atoms with E-state index in [1.165, 1.54) is 0 Å². The Morgan fingerprint density at radius 3 is 2.90 bits per heavy atom. The standard InChI is InChI=1S/C23H28N6O2/c1-31-20-7-5-18(6-8-20)21-14-22(27-16-26-21)29-12-2-4-19(15-29)23(30)25-9-3-11-28-13-10-24-17-28/h5-8,10,13-14,16-17,19H,2-4,9,11-12,15H2,1H3,(H,25,30). The van der Waals surface area contributed by atoms with E-state index in [1.54, 1.807) is 26.0 Å². The molecule has 0 spiro atoms. The maximum atomic E-state index is 12.7. The van der Waals surface area contributed by atoms with E-state index in [9.17, 15) is 4.79 Å². The van der Waals surface area contributed by atoms with Crippen LogP contribution in [0.1, 0.15) is 19.3 Å². The zero-order valence-electron chi connectivity index (χ0n) is 17.8. The molecule has 1 saturated heterocycles. The highest BCUT2D eigenvalue weighted by atomic mass is 16.5. The van der Waals surface area contributed by atoms with Crippen LogP contribution in [0.4, 0.5) is 5.82 Å². The molecule has 1 N–H and O–H groups in total. The van der Waals surface area contributed by atoms with Crippen LogP contribution in [0.3, 0.4) is 0 Å². The number of piperidine rings is 1. The van der Waals surface area contributed by atoms with Crippen molar-refractivity contribution in [3.8, 4) is 17.0 Å². The van der Waals surface area contributed by atoms with Crippen LogP contribution in [-0.2, 0) is 11.3 Å². The lowest BCUT2D eigenvalue weighted by molar-refractivity contribution is -0.125. The average molecular weight is 421 g/mol. The van der Waals surface area contributed by atoms with E-state index in [1.807, 2.05) is 41.1 Å². The smallest absolute Gasteiger partial charge is 0.224 e. The summed E-state index contributed by atoms with van der Waals surface area (Å²) in [5, 5.41) is 3.09. The molecule has 2 aromatic heterocycles. The molecule has 0 saturated carbocycles. The van der Waals surface area contributed by atoms with Crippen molar-refractivity contribution in [1.82, 2.24) is 24.8 Å². The van der Waals surface area contributed by atoms with Gasteiger partial charge < -0.3 is 19.5 Å². The Bertz CT molecular complexity index is 974. The van der Waals surface area contributed by atoms with Crippen molar-refractivity contribution in [3.63, 3.8) is 0 Å². The van der Waals surface area contributed by atoms with Crippen molar-refractivity contribution >= 4 is 11.7 Å². The highest BCUT2D eigenvalue weighted by Crippen LogP contribution is 2.26. The number of rotatable bonds is 8. The first kappa shape index (κ1) is 20.8. The third-order valence-corrected chi connectivity index (χ3v) is 5.61. The van der Waals surface area contributed by atoms with Crippen LogP contribution >= 0.6 is 0 Å². The molecular formula is C23H28N6O2. The minimum absolute atomic E-state index is 0.0265. The number of ether oxygens (including phenoxy) is 1. The molecule has 1 fully saturated rings. The number of nitrogens with zero attached hydrogens (tertiary/aromatic N) is 5. The van der Waals surface area contributed by atoms with Crippen molar-refractivity contribution in [3.05, 3.63) is 55.4 Å². The maximum Gasteiger partial charge on any atom is 0.224 e. The predicted octanol–water partition coefficient (Wildman–Crippen LogP) is 2.77. The van der Waals surface area contributed by atoms with Crippen LogP contribution in [0.15, 0.2) is 55.4 Å². The van der Waals surface area contributed by atoms with Gasteiger partial charge in [0.25, 0.3) is 0 Å². The highest BCUT2D eigenvalue weighted by Gasteiger charge is 2.26. The first-order chi connectivity index (χ1) is 15.2. The highest BCUT2D eigenvalue weighted by molar-refractivity contribution is 5.79. The van der Waals surface area contributed by atoms with Gasteiger partial charge in [0.2, 0.25) is 5.91 Å². The molecule has 8 heteroatoms. The number of aryl methyl sites for hydroxylation is 1. The van der Waals surface area contributed by atoms with Gasteiger partial charge in [-0.05, 0) is 43.5 Å². The van der Waals surface area contributed by atoms with Gasteiger partial charge in [-0.3, -0.25) is 4.79 Å². The number of benzene rings is 1. The van der Waals surface area contributed by atoms with Gasteiger partial charge in [0.1, 0.15) is 17.9 Å². The molecule has 31 heavy (non-hydrogen) atoms. The molecule has 0 aliphatic carbocycles. The number of imidazole rings is 1. The third-order valence-electron chi connectivity index (χ3n) is 5.61. The molecule has 1 aliphatic heterocycles. The van der Waals surface area contributed by atoms with E-state index < -0.39 is 0 Å². The summed E-state index contributed by atoms with van der Waals surface area (Å²) in [6, 6.07) is 9.81. The topological polar surface area (TPSA) is 85.2 Å². The molecule has 3 heterocycles. The largest absolute Gasteiger partial charge is 0.497 e. The van der Waals surface area contributed by atoms with Gasteiger partial charge in [0, 0.05) is 50.2 Å². The number of carbonyl (C=O) groups excluding carboxylic acids is 1. The second-order valence-electron chi connectivity index (χ2n) is 7.72. The number of anilines is 1. The van der Waals surface area contributed by atoms with Gasteiger partial charge >= 0.3 is 0 Å². The van der Waals surface area contributed by atoms with Crippen molar-refractivity contribution in [2.24, 2.45) is 5.92 Å². The fraction of sp³-hybridized carbons (Fsp3) is 0.391. The Morgan fingerprint density at radius 2 is 2.13 bits per heavy atom. The molecule has 1 amide bonds. The van der Waals surface area contributed by atoms with Crippen LogP contribution < -0.4 is 15.0 Å². The fourth-order valence-corrected chi connectivity index (χ4v) is 3.88. The quantitative estimate of drug-likeness (QED) is 0.564. The van der Waals surface area contributed by atoms with Gasteiger partial charge in [0.05, 0.1) is 25.0 Å². The van der Waals surface area contributed by atoms with Crippen LogP contribution in [0.25, 0.3) is 11.3 Å². The molecule has 4 rings (SSSR count). The Kier molecular flexibility index (Phi) is 6.76. The normalized spacial score (nSPS) is 16.2. The summed E-state index contributed by atoms with van der Waals surface area (Å²) in [7, 11) is 1.65. The Morgan fingerprint density at radius 1 is 1.26 bits per heavy atom. The lowest BCUT2D eigenvalue weighted by atomic mass is 9.97. The van der Waals surface area contributed by atoms with Crippen molar-refractivity contribution in [2.45, 2.75) is 25.8 Å². The zero-order chi connectivity index (χ0) is 21.5. The molecule has 0 bridgehead atoms. The van der Waals surface area contributed by atoms with Crippen molar-refractivity contribution in [1.29, 1.82) is 0 Å². The van der Waals surface area contributed by atoms with E-state index >= 15 is 0 Å². The Hall–Kier alpha value is -3.42. The molecule has 1 aliphatic rings. The molecule has 3 aromatic rings. The van der Waals surface area contributed by atoms with Crippen LogP contribution in [0.5, 0.6) is 5.75 Å². The van der Waals surface area contributed by atoms with Crippen LogP contribution in [0.2, 0.25) is 0 Å². The minimum atomic E-state index is -0.0265. The van der Waals surface area contributed by atoms with Crippen molar-refractivity contribution in [2.75, 3.05) is 31.6 Å². The third kappa shape index (κ3) is 5.39. The second-order valence-corrected chi connectivity index (χ2v) is 7.72. The number of nitrogens with one attached hydrogen (secondary N) is 1. The molecule has 162 valence electrons. The maximum absolute atomic E-state index is 12.7. The second kappa shape index (κ2) is 10.1. The van der Waals surface area contributed by atoms with E-state index in [0.717, 1.165) is 55.2 Å². The Labute approximate surface area is 182 Å². The van der Waals surface area contributed by atoms with Gasteiger partial charge in [-0.25, -0.2) is 15.0 Å². The van der Waals surface area contributed by atoms with Gasteiger partial charge in [-0.15, -0.1) is 0 Å².